The van der Waals surface area contributed by atoms with Crippen molar-refractivity contribution in [2.24, 2.45) is 10.9 Å². The fraction of sp³-hybridized carbons (Fsp3) is 0.619. The zero-order valence-electron chi connectivity index (χ0n) is 16.5. The second-order valence-corrected chi connectivity index (χ2v) is 7.84. The Kier molecular flexibility index (Phi) is 5.84. The van der Waals surface area contributed by atoms with E-state index in [2.05, 4.69) is 53.7 Å². The second kappa shape index (κ2) is 8.11. The van der Waals surface area contributed by atoms with Gasteiger partial charge in [-0.05, 0) is 37.8 Å². The molecule has 5 nitrogen and oxygen atoms in total. The molecule has 1 saturated carbocycles. The highest BCUT2D eigenvalue weighted by molar-refractivity contribution is 5.82. The molecule has 2 aliphatic rings. The molecular weight excluding hydrogens is 324 g/mol. The number of nitrogens with zero attached hydrogens (tertiary/aromatic N) is 2. The molecule has 0 radical (unpaired) electrons. The topological polar surface area (TPSA) is 56.7 Å². The van der Waals surface area contributed by atoms with E-state index in [1.54, 1.807) is 0 Å². The molecule has 1 aliphatic carbocycles. The second-order valence-electron chi connectivity index (χ2n) is 7.84. The molecule has 0 aromatic heterocycles. The molecule has 3 unspecified atom stereocenters. The summed E-state index contributed by atoms with van der Waals surface area (Å²) < 4.78 is 0. The highest BCUT2D eigenvalue weighted by Gasteiger charge is 2.40. The Morgan fingerprint density at radius 1 is 1.31 bits per heavy atom. The first-order chi connectivity index (χ1) is 12.5. The lowest BCUT2D eigenvalue weighted by molar-refractivity contribution is -0.133. The Morgan fingerprint density at radius 2 is 2.08 bits per heavy atom. The highest BCUT2D eigenvalue weighted by Crippen LogP contribution is 2.42. The number of rotatable bonds is 5. The monoisotopic (exact) mass is 356 g/mol. The molecule has 2 fully saturated rings. The normalized spacial score (nSPS) is 25.5. The summed E-state index contributed by atoms with van der Waals surface area (Å²) in [5, 5.41) is 7.14. The maximum Gasteiger partial charge on any atom is 0.225 e. The molecule has 1 saturated heterocycles. The van der Waals surface area contributed by atoms with E-state index in [-0.39, 0.29) is 17.9 Å². The van der Waals surface area contributed by atoms with E-state index in [9.17, 15) is 4.79 Å². The summed E-state index contributed by atoms with van der Waals surface area (Å²) in [5.74, 6) is 1.77. The molecule has 1 aromatic rings. The van der Waals surface area contributed by atoms with Gasteiger partial charge in [-0.15, -0.1) is 0 Å². The zero-order chi connectivity index (χ0) is 18.7. The summed E-state index contributed by atoms with van der Waals surface area (Å²) >= 11 is 0. The van der Waals surface area contributed by atoms with E-state index in [0.29, 0.717) is 12.0 Å². The van der Waals surface area contributed by atoms with Crippen molar-refractivity contribution in [1.82, 2.24) is 15.5 Å². The Morgan fingerprint density at radius 3 is 2.77 bits per heavy atom. The summed E-state index contributed by atoms with van der Waals surface area (Å²) in [6.07, 6.45) is 2.13. The minimum absolute atomic E-state index is 0.0667. The van der Waals surface area contributed by atoms with Gasteiger partial charge in [-0.3, -0.25) is 9.79 Å². The van der Waals surface area contributed by atoms with E-state index < -0.39 is 0 Å². The van der Waals surface area contributed by atoms with Crippen molar-refractivity contribution in [2.75, 3.05) is 19.6 Å². The van der Waals surface area contributed by atoms with Crippen LogP contribution in [0.1, 0.15) is 50.7 Å². The van der Waals surface area contributed by atoms with Gasteiger partial charge in [0.2, 0.25) is 5.91 Å². The van der Waals surface area contributed by atoms with Gasteiger partial charge >= 0.3 is 0 Å². The summed E-state index contributed by atoms with van der Waals surface area (Å²) in [6, 6.07) is 9.37. The van der Waals surface area contributed by atoms with Crippen LogP contribution in [0.5, 0.6) is 0 Å². The lowest BCUT2D eigenvalue weighted by Crippen LogP contribution is -2.46. The van der Waals surface area contributed by atoms with Crippen LogP contribution in [-0.4, -0.2) is 48.5 Å². The number of likely N-dealkylation sites (tertiary alicyclic amines) is 1. The van der Waals surface area contributed by atoms with Crippen LogP contribution in [0.3, 0.4) is 0 Å². The van der Waals surface area contributed by atoms with E-state index in [4.69, 9.17) is 0 Å². The summed E-state index contributed by atoms with van der Waals surface area (Å²) in [4.78, 5) is 18.8. The third-order valence-corrected chi connectivity index (χ3v) is 5.35. The number of aliphatic imine (C=N–C) groups is 1. The largest absolute Gasteiger partial charge is 0.353 e. The van der Waals surface area contributed by atoms with E-state index in [1.165, 1.54) is 11.1 Å². The van der Waals surface area contributed by atoms with Crippen molar-refractivity contribution in [3.63, 3.8) is 0 Å². The summed E-state index contributed by atoms with van der Waals surface area (Å²) in [6.45, 7) is 10.5. The van der Waals surface area contributed by atoms with Crippen molar-refractivity contribution in [1.29, 1.82) is 0 Å². The average Bonchev–Trinajstić information content (AvgIpc) is 3.20. The van der Waals surface area contributed by atoms with Crippen LogP contribution in [0.25, 0.3) is 0 Å². The smallest absolute Gasteiger partial charge is 0.225 e. The Bertz CT molecular complexity index is 670. The average molecular weight is 357 g/mol. The first kappa shape index (κ1) is 18.7. The van der Waals surface area contributed by atoms with Crippen molar-refractivity contribution in [3.05, 3.63) is 35.4 Å². The van der Waals surface area contributed by atoms with Crippen LogP contribution < -0.4 is 10.6 Å². The van der Waals surface area contributed by atoms with Crippen LogP contribution in [-0.2, 0) is 4.79 Å². The fourth-order valence-electron chi connectivity index (χ4n) is 3.80. The molecule has 26 heavy (non-hydrogen) atoms. The van der Waals surface area contributed by atoms with Crippen LogP contribution >= 0.6 is 0 Å². The minimum Gasteiger partial charge on any atom is -0.353 e. The molecule has 1 aromatic carbocycles. The standard InChI is InChI=1S/C21H32N4O/c1-5-22-21(23-16-10-11-25(13-16)20(26)14(2)3)24-19-12-18(19)17-9-7-6-8-15(17)4/h6-9,14,16,18-19H,5,10-13H2,1-4H3,(H2,22,23,24). The van der Waals surface area contributed by atoms with Gasteiger partial charge in [0, 0.05) is 43.6 Å². The fourth-order valence-corrected chi connectivity index (χ4v) is 3.80. The number of hydrogen-bond donors (Lipinski definition) is 2. The SMILES string of the molecule is CCN=C(NC1CCN(C(=O)C(C)C)C1)NC1CC1c1ccccc1C. The van der Waals surface area contributed by atoms with Crippen molar-refractivity contribution < 1.29 is 4.79 Å². The number of amides is 1. The molecule has 0 spiro atoms. The Labute approximate surface area is 157 Å². The van der Waals surface area contributed by atoms with Crippen molar-refractivity contribution in [3.8, 4) is 0 Å². The molecule has 1 heterocycles. The van der Waals surface area contributed by atoms with E-state index in [1.807, 2.05) is 18.7 Å². The van der Waals surface area contributed by atoms with Crippen molar-refractivity contribution >= 4 is 11.9 Å². The van der Waals surface area contributed by atoms with Crippen LogP contribution in [0.2, 0.25) is 0 Å². The van der Waals surface area contributed by atoms with Gasteiger partial charge in [0.1, 0.15) is 0 Å². The van der Waals surface area contributed by atoms with E-state index >= 15 is 0 Å². The number of nitrogens with one attached hydrogen (secondary N) is 2. The maximum absolute atomic E-state index is 12.2. The third-order valence-electron chi connectivity index (χ3n) is 5.35. The molecule has 3 rings (SSSR count). The minimum atomic E-state index is 0.0667. The summed E-state index contributed by atoms with van der Waals surface area (Å²) in [7, 11) is 0. The lowest BCUT2D eigenvalue weighted by Gasteiger charge is -2.20. The molecule has 1 aliphatic heterocycles. The highest BCUT2D eigenvalue weighted by atomic mass is 16.2. The first-order valence-electron chi connectivity index (χ1n) is 9.91. The quantitative estimate of drug-likeness (QED) is 0.630. The zero-order valence-corrected chi connectivity index (χ0v) is 16.5. The lowest BCUT2D eigenvalue weighted by atomic mass is 10.0. The molecule has 2 N–H and O–H groups in total. The van der Waals surface area contributed by atoms with Gasteiger partial charge in [0.25, 0.3) is 0 Å². The van der Waals surface area contributed by atoms with Gasteiger partial charge in [0.15, 0.2) is 5.96 Å². The third kappa shape index (κ3) is 4.37. The maximum atomic E-state index is 12.2. The Balaban J connectivity index is 1.54. The molecule has 142 valence electrons. The molecule has 0 bridgehead atoms. The van der Waals surface area contributed by atoms with Gasteiger partial charge in [0.05, 0.1) is 0 Å². The predicted octanol–water partition coefficient (Wildman–Crippen LogP) is 2.66. The molecule has 5 heteroatoms. The number of carbonyl (C=O) groups excluding carboxylic acids is 1. The number of hydrogen-bond acceptors (Lipinski definition) is 2. The van der Waals surface area contributed by atoms with Crippen LogP contribution in [0, 0.1) is 12.8 Å². The first-order valence-corrected chi connectivity index (χ1v) is 9.91. The van der Waals surface area contributed by atoms with Crippen LogP contribution in [0.15, 0.2) is 29.3 Å². The molecular formula is C21H32N4O. The van der Waals surface area contributed by atoms with E-state index in [0.717, 1.165) is 38.4 Å². The summed E-state index contributed by atoms with van der Waals surface area (Å²) in [5.41, 5.74) is 2.80. The van der Waals surface area contributed by atoms with Crippen molar-refractivity contribution in [2.45, 2.75) is 58.5 Å². The number of guanidine groups is 1. The number of carbonyl (C=O) groups is 1. The van der Waals surface area contributed by atoms with Gasteiger partial charge < -0.3 is 15.5 Å². The predicted molar refractivity (Wildman–Crippen MR) is 106 cm³/mol. The number of aryl methyl sites for hydroxylation is 1. The Hall–Kier alpha value is -2.04. The van der Waals surface area contributed by atoms with Gasteiger partial charge in [-0.2, -0.15) is 0 Å². The molecule has 3 atom stereocenters. The van der Waals surface area contributed by atoms with Gasteiger partial charge in [-0.25, -0.2) is 0 Å². The van der Waals surface area contributed by atoms with Gasteiger partial charge in [-0.1, -0.05) is 38.1 Å². The number of benzene rings is 1. The van der Waals surface area contributed by atoms with Crippen LogP contribution in [0.4, 0.5) is 0 Å². The molecule has 1 amide bonds.